The zero-order valence-electron chi connectivity index (χ0n) is 13.7. The van der Waals surface area contributed by atoms with Crippen LogP contribution < -0.4 is 10.6 Å². The lowest BCUT2D eigenvalue weighted by molar-refractivity contribution is 0.174. The van der Waals surface area contributed by atoms with Crippen LogP contribution in [0.1, 0.15) is 57.2 Å². The number of amides is 2. The Balaban J connectivity index is 1.73. The minimum atomic E-state index is -0.127. The second-order valence-electron chi connectivity index (χ2n) is 7.12. The summed E-state index contributed by atoms with van der Waals surface area (Å²) in [5, 5.41) is 18.1. The van der Waals surface area contributed by atoms with E-state index in [1.807, 2.05) is 5.38 Å². The van der Waals surface area contributed by atoms with Gasteiger partial charge in [-0.3, -0.25) is 0 Å². The fourth-order valence-electron chi connectivity index (χ4n) is 2.63. The fourth-order valence-corrected chi connectivity index (χ4v) is 3.54. The van der Waals surface area contributed by atoms with Crippen LogP contribution in [0.25, 0.3) is 0 Å². The SMILES string of the molecule is CC(C)(C)c1nc(CNC(=O)NC2CCC(CO)CC2)cs1. The first-order valence-electron chi connectivity index (χ1n) is 7.98. The normalized spacial score (nSPS) is 22.4. The first-order chi connectivity index (χ1) is 10.4. The maximum atomic E-state index is 11.9. The van der Waals surface area contributed by atoms with Crippen LogP contribution in [0.15, 0.2) is 5.38 Å². The second kappa shape index (κ2) is 7.42. The lowest BCUT2D eigenvalue weighted by atomic mass is 9.87. The van der Waals surface area contributed by atoms with Crippen molar-refractivity contribution in [2.75, 3.05) is 6.61 Å². The Morgan fingerprint density at radius 1 is 1.36 bits per heavy atom. The van der Waals surface area contributed by atoms with Crippen LogP contribution in [-0.4, -0.2) is 28.8 Å². The van der Waals surface area contributed by atoms with Gasteiger partial charge in [0, 0.05) is 23.4 Å². The van der Waals surface area contributed by atoms with Crippen molar-refractivity contribution in [1.29, 1.82) is 0 Å². The number of hydrogen-bond donors (Lipinski definition) is 3. The van der Waals surface area contributed by atoms with E-state index in [4.69, 9.17) is 5.11 Å². The number of nitrogens with zero attached hydrogens (tertiary/aromatic N) is 1. The summed E-state index contributed by atoms with van der Waals surface area (Å²) >= 11 is 1.64. The summed E-state index contributed by atoms with van der Waals surface area (Å²) in [7, 11) is 0. The number of carbonyl (C=O) groups excluding carboxylic acids is 1. The molecule has 1 aliphatic rings. The molecule has 1 heterocycles. The third kappa shape index (κ3) is 4.95. The number of thiazole rings is 1. The van der Waals surface area contributed by atoms with Crippen molar-refractivity contribution in [3.63, 3.8) is 0 Å². The molecular weight excluding hydrogens is 298 g/mol. The van der Waals surface area contributed by atoms with Crippen molar-refractivity contribution in [2.45, 2.75) is 64.5 Å². The van der Waals surface area contributed by atoms with Gasteiger partial charge in [0.1, 0.15) is 0 Å². The second-order valence-corrected chi connectivity index (χ2v) is 7.98. The van der Waals surface area contributed by atoms with E-state index >= 15 is 0 Å². The molecule has 0 aliphatic heterocycles. The van der Waals surface area contributed by atoms with E-state index in [-0.39, 0.29) is 24.1 Å². The standard InChI is InChI=1S/C16H27N3O2S/c1-16(2,3)14-18-13(10-22-14)8-17-15(21)19-12-6-4-11(9-20)5-7-12/h10-12,20H,4-9H2,1-3H3,(H2,17,19,21). The molecule has 1 aliphatic carbocycles. The molecule has 0 aromatic carbocycles. The minimum Gasteiger partial charge on any atom is -0.396 e. The van der Waals surface area contributed by atoms with Gasteiger partial charge in [-0.15, -0.1) is 11.3 Å². The predicted molar refractivity (Wildman–Crippen MR) is 89.0 cm³/mol. The Morgan fingerprint density at radius 2 is 2.05 bits per heavy atom. The molecule has 3 N–H and O–H groups in total. The van der Waals surface area contributed by atoms with Gasteiger partial charge < -0.3 is 15.7 Å². The highest BCUT2D eigenvalue weighted by Crippen LogP contribution is 2.25. The van der Waals surface area contributed by atoms with Crippen LogP contribution in [0.2, 0.25) is 0 Å². The molecule has 1 fully saturated rings. The highest BCUT2D eigenvalue weighted by atomic mass is 32.1. The molecule has 0 radical (unpaired) electrons. The fraction of sp³-hybridized carbons (Fsp3) is 0.750. The zero-order valence-corrected chi connectivity index (χ0v) is 14.5. The Bertz CT molecular complexity index is 488. The Kier molecular flexibility index (Phi) is 5.81. The van der Waals surface area contributed by atoms with Gasteiger partial charge in [-0.1, -0.05) is 20.8 Å². The highest BCUT2D eigenvalue weighted by Gasteiger charge is 2.22. The van der Waals surface area contributed by atoms with E-state index in [2.05, 4.69) is 36.4 Å². The average Bonchev–Trinajstić information content (AvgIpc) is 2.95. The van der Waals surface area contributed by atoms with Crippen molar-refractivity contribution >= 4 is 17.4 Å². The van der Waals surface area contributed by atoms with E-state index in [0.29, 0.717) is 12.5 Å². The van der Waals surface area contributed by atoms with Gasteiger partial charge >= 0.3 is 6.03 Å². The van der Waals surface area contributed by atoms with E-state index in [9.17, 15) is 4.79 Å². The van der Waals surface area contributed by atoms with Crippen molar-refractivity contribution in [1.82, 2.24) is 15.6 Å². The van der Waals surface area contributed by atoms with Crippen LogP contribution >= 0.6 is 11.3 Å². The third-order valence-electron chi connectivity index (χ3n) is 4.06. The number of aliphatic hydroxyl groups excluding tert-OH is 1. The van der Waals surface area contributed by atoms with Gasteiger partial charge in [0.2, 0.25) is 0 Å². The number of urea groups is 1. The Labute approximate surface area is 136 Å². The van der Waals surface area contributed by atoms with Crippen molar-refractivity contribution in [3.8, 4) is 0 Å². The summed E-state index contributed by atoms with van der Waals surface area (Å²) in [4.78, 5) is 16.5. The lowest BCUT2D eigenvalue weighted by Crippen LogP contribution is -2.43. The van der Waals surface area contributed by atoms with Crippen LogP contribution in [0.3, 0.4) is 0 Å². The number of hydrogen-bond acceptors (Lipinski definition) is 4. The van der Waals surface area contributed by atoms with Crippen molar-refractivity contribution in [3.05, 3.63) is 16.1 Å². The number of rotatable bonds is 4. The first-order valence-corrected chi connectivity index (χ1v) is 8.86. The molecule has 0 saturated heterocycles. The number of aromatic nitrogens is 1. The molecule has 1 aromatic rings. The molecule has 0 unspecified atom stereocenters. The quantitative estimate of drug-likeness (QED) is 0.797. The van der Waals surface area contributed by atoms with Crippen LogP contribution in [0.5, 0.6) is 0 Å². The predicted octanol–water partition coefficient (Wildman–Crippen LogP) is 2.79. The number of nitrogens with one attached hydrogen (secondary N) is 2. The first kappa shape index (κ1) is 17.2. The molecule has 2 rings (SSSR count). The summed E-state index contributed by atoms with van der Waals surface area (Å²) in [6.07, 6.45) is 3.87. The molecule has 6 heteroatoms. The van der Waals surface area contributed by atoms with Gasteiger partial charge in [0.15, 0.2) is 0 Å². The summed E-state index contributed by atoms with van der Waals surface area (Å²) in [6, 6.07) is 0.0983. The highest BCUT2D eigenvalue weighted by molar-refractivity contribution is 7.09. The summed E-state index contributed by atoms with van der Waals surface area (Å²) in [5.74, 6) is 0.409. The van der Waals surface area contributed by atoms with E-state index in [1.54, 1.807) is 11.3 Å². The molecular formula is C16H27N3O2S. The molecule has 0 bridgehead atoms. The maximum absolute atomic E-state index is 11.9. The lowest BCUT2D eigenvalue weighted by Gasteiger charge is -2.27. The van der Waals surface area contributed by atoms with Crippen LogP contribution in [-0.2, 0) is 12.0 Å². The Hall–Kier alpha value is -1.14. The zero-order chi connectivity index (χ0) is 16.2. The Morgan fingerprint density at radius 3 is 2.59 bits per heavy atom. The smallest absolute Gasteiger partial charge is 0.315 e. The topological polar surface area (TPSA) is 74.2 Å². The molecule has 0 spiro atoms. The van der Waals surface area contributed by atoms with E-state index in [0.717, 1.165) is 36.4 Å². The average molecular weight is 325 g/mol. The summed E-state index contributed by atoms with van der Waals surface area (Å²) in [6.45, 7) is 7.14. The molecule has 5 nitrogen and oxygen atoms in total. The molecule has 0 atom stereocenters. The third-order valence-corrected chi connectivity index (χ3v) is 5.38. The van der Waals surface area contributed by atoms with Crippen molar-refractivity contribution < 1.29 is 9.90 Å². The van der Waals surface area contributed by atoms with E-state index < -0.39 is 0 Å². The van der Waals surface area contributed by atoms with Gasteiger partial charge in [-0.05, 0) is 31.6 Å². The van der Waals surface area contributed by atoms with Crippen molar-refractivity contribution in [2.24, 2.45) is 5.92 Å². The largest absolute Gasteiger partial charge is 0.396 e. The van der Waals surface area contributed by atoms with Gasteiger partial charge in [0.25, 0.3) is 0 Å². The minimum absolute atomic E-state index is 0.0521. The molecule has 124 valence electrons. The van der Waals surface area contributed by atoms with Crippen LogP contribution in [0, 0.1) is 5.92 Å². The monoisotopic (exact) mass is 325 g/mol. The molecule has 1 saturated carbocycles. The molecule has 1 aromatic heterocycles. The van der Waals surface area contributed by atoms with Gasteiger partial charge in [0.05, 0.1) is 17.2 Å². The molecule has 2 amide bonds. The summed E-state index contributed by atoms with van der Waals surface area (Å²) in [5.41, 5.74) is 0.963. The molecule has 22 heavy (non-hydrogen) atoms. The van der Waals surface area contributed by atoms with Crippen LogP contribution in [0.4, 0.5) is 4.79 Å². The van der Waals surface area contributed by atoms with Gasteiger partial charge in [-0.2, -0.15) is 0 Å². The van der Waals surface area contributed by atoms with E-state index in [1.165, 1.54) is 0 Å². The number of carbonyl (C=O) groups is 1. The maximum Gasteiger partial charge on any atom is 0.315 e. The van der Waals surface area contributed by atoms with Gasteiger partial charge in [-0.25, -0.2) is 9.78 Å². The summed E-state index contributed by atoms with van der Waals surface area (Å²) < 4.78 is 0. The number of aliphatic hydroxyl groups is 1.